The molecule has 0 fully saturated rings. The molecule has 0 unspecified atom stereocenters. The van der Waals surface area contributed by atoms with Gasteiger partial charge in [-0.2, -0.15) is 0 Å². The lowest BCUT2D eigenvalue weighted by Gasteiger charge is -2.11. The lowest BCUT2D eigenvalue weighted by Crippen LogP contribution is -2.24. The number of rotatable bonds is 9. The van der Waals surface area contributed by atoms with E-state index in [-0.39, 0.29) is 30.2 Å². The number of amides is 1. The summed E-state index contributed by atoms with van der Waals surface area (Å²) in [4.78, 5) is 22.5. The highest BCUT2D eigenvalue weighted by Gasteiger charge is 2.13. The molecule has 0 atom stereocenters. The van der Waals surface area contributed by atoms with E-state index in [1.54, 1.807) is 6.07 Å². The smallest absolute Gasteiger partial charge is 0.339 e. The molecule has 6 heteroatoms. The minimum Gasteiger partial charge on any atom is -0.493 e. The van der Waals surface area contributed by atoms with Crippen molar-refractivity contribution in [1.29, 1.82) is 0 Å². The summed E-state index contributed by atoms with van der Waals surface area (Å²) >= 11 is 0. The molecule has 0 saturated carbocycles. The molecule has 0 saturated heterocycles. The molecule has 2 N–H and O–H groups in total. The van der Waals surface area contributed by atoms with Gasteiger partial charge in [0, 0.05) is 12.6 Å². The van der Waals surface area contributed by atoms with Crippen molar-refractivity contribution in [3.8, 4) is 11.5 Å². The number of hydrogen-bond donors (Lipinski definition) is 2. The van der Waals surface area contributed by atoms with Gasteiger partial charge in [0.05, 0.1) is 19.6 Å². The minimum atomic E-state index is -1.08. The lowest BCUT2D eigenvalue weighted by molar-refractivity contribution is -0.121. The van der Waals surface area contributed by atoms with Crippen molar-refractivity contribution in [2.75, 3.05) is 19.8 Å². The van der Waals surface area contributed by atoms with Crippen molar-refractivity contribution < 1.29 is 24.2 Å². The van der Waals surface area contributed by atoms with Crippen LogP contribution in [0.3, 0.4) is 0 Å². The van der Waals surface area contributed by atoms with E-state index in [1.165, 1.54) is 12.1 Å². The molecular formula is C15H21NO5. The van der Waals surface area contributed by atoms with Crippen molar-refractivity contribution in [2.45, 2.75) is 26.7 Å². The molecule has 6 nitrogen and oxygen atoms in total. The van der Waals surface area contributed by atoms with E-state index >= 15 is 0 Å². The molecule has 21 heavy (non-hydrogen) atoms. The molecule has 116 valence electrons. The number of benzene rings is 1. The zero-order valence-corrected chi connectivity index (χ0v) is 12.3. The third kappa shape index (κ3) is 5.72. The normalized spacial score (nSPS) is 10.0. The van der Waals surface area contributed by atoms with Gasteiger partial charge in [-0.05, 0) is 25.5 Å². The van der Waals surface area contributed by atoms with E-state index in [1.807, 2.05) is 13.8 Å². The van der Waals surface area contributed by atoms with E-state index in [0.717, 1.165) is 6.42 Å². The van der Waals surface area contributed by atoms with Gasteiger partial charge in [-0.1, -0.05) is 6.92 Å². The summed E-state index contributed by atoms with van der Waals surface area (Å²) in [5.41, 5.74) is 0.0507. The van der Waals surface area contributed by atoms with Crippen LogP contribution in [0.5, 0.6) is 11.5 Å². The second-order valence-corrected chi connectivity index (χ2v) is 4.36. The zero-order chi connectivity index (χ0) is 15.7. The van der Waals surface area contributed by atoms with Crippen molar-refractivity contribution in [3.05, 3.63) is 23.8 Å². The fraction of sp³-hybridized carbons (Fsp3) is 0.467. The van der Waals surface area contributed by atoms with Crippen molar-refractivity contribution in [1.82, 2.24) is 5.32 Å². The Labute approximate surface area is 124 Å². The summed E-state index contributed by atoms with van der Waals surface area (Å²) < 4.78 is 10.9. The van der Waals surface area contributed by atoms with Crippen LogP contribution < -0.4 is 14.8 Å². The molecule has 0 aliphatic heterocycles. The first-order valence-corrected chi connectivity index (χ1v) is 6.98. The molecule has 0 aliphatic rings. The number of carboxylic acids is 1. The number of ether oxygens (including phenoxy) is 2. The van der Waals surface area contributed by atoms with Gasteiger partial charge < -0.3 is 19.9 Å². The van der Waals surface area contributed by atoms with E-state index in [2.05, 4.69) is 5.32 Å². The first kappa shape index (κ1) is 16.8. The quantitative estimate of drug-likeness (QED) is 0.728. The maximum Gasteiger partial charge on any atom is 0.339 e. The molecule has 0 aliphatic carbocycles. The van der Waals surface area contributed by atoms with Gasteiger partial charge in [0.1, 0.15) is 17.1 Å². The van der Waals surface area contributed by atoms with Gasteiger partial charge in [-0.15, -0.1) is 0 Å². The number of nitrogens with one attached hydrogen (secondary N) is 1. The summed E-state index contributed by atoms with van der Waals surface area (Å²) in [5.74, 6) is -0.451. The Kier molecular flexibility index (Phi) is 7.08. The van der Waals surface area contributed by atoms with Crippen molar-refractivity contribution in [3.63, 3.8) is 0 Å². The highest BCUT2D eigenvalue weighted by Crippen LogP contribution is 2.25. The summed E-state index contributed by atoms with van der Waals surface area (Å²) in [6, 6.07) is 4.57. The Morgan fingerprint density at radius 1 is 1.19 bits per heavy atom. The Morgan fingerprint density at radius 3 is 2.57 bits per heavy atom. The summed E-state index contributed by atoms with van der Waals surface area (Å²) in [7, 11) is 0. The fourth-order valence-corrected chi connectivity index (χ4v) is 1.65. The topological polar surface area (TPSA) is 84.9 Å². The van der Waals surface area contributed by atoms with Gasteiger partial charge >= 0.3 is 5.97 Å². The average molecular weight is 295 g/mol. The highest BCUT2D eigenvalue weighted by atomic mass is 16.5. The van der Waals surface area contributed by atoms with Crippen LogP contribution in [-0.4, -0.2) is 36.7 Å². The molecule has 1 aromatic rings. The van der Waals surface area contributed by atoms with Crippen LogP contribution in [0.2, 0.25) is 0 Å². The maximum atomic E-state index is 11.3. The molecular weight excluding hydrogens is 274 g/mol. The largest absolute Gasteiger partial charge is 0.493 e. The van der Waals surface area contributed by atoms with Crippen molar-refractivity contribution in [2.24, 2.45) is 0 Å². The molecule has 0 radical (unpaired) electrons. The van der Waals surface area contributed by atoms with E-state index < -0.39 is 5.97 Å². The Morgan fingerprint density at radius 2 is 1.95 bits per heavy atom. The van der Waals surface area contributed by atoms with Crippen LogP contribution in [0.1, 0.15) is 37.0 Å². The molecule has 0 aromatic heterocycles. The molecule has 0 heterocycles. The highest BCUT2D eigenvalue weighted by molar-refractivity contribution is 5.91. The zero-order valence-electron chi connectivity index (χ0n) is 12.3. The van der Waals surface area contributed by atoms with Crippen LogP contribution in [-0.2, 0) is 4.79 Å². The third-order valence-electron chi connectivity index (χ3n) is 2.62. The van der Waals surface area contributed by atoms with Gasteiger partial charge in [-0.3, -0.25) is 4.79 Å². The maximum absolute atomic E-state index is 11.3. The number of hydrogen-bond acceptors (Lipinski definition) is 4. The fourth-order valence-electron chi connectivity index (χ4n) is 1.65. The van der Waals surface area contributed by atoms with E-state index in [9.17, 15) is 9.59 Å². The number of carboxylic acid groups (broad SMARTS) is 1. The van der Waals surface area contributed by atoms with Crippen molar-refractivity contribution >= 4 is 11.9 Å². The second-order valence-electron chi connectivity index (χ2n) is 4.36. The van der Waals surface area contributed by atoms with Gasteiger partial charge in [-0.25, -0.2) is 4.79 Å². The van der Waals surface area contributed by atoms with E-state index in [0.29, 0.717) is 18.9 Å². The van der Waals surface area contributed by atoms with Gasteiger partial charge in [0.15, 0.2) is 0 Å². The predicted molar refractivity (Wildman–Crippen MR) is 78.0 cm³/mol. The number of carbonyl (C=O) groups excluding carboxylic acids is 1. The summed E-state index contributed by atoms with van der Waals surface area (Å²) in [5, 5.41) is 11.8. The monoisotopic (exact) mass is 295 g/mol. The number of carbonyl (C=O) groups is 2. The third-order valence-corrected chi connectivity index (χ3v) is 2.62. The second kappa shape index (κ2) is 8.84. The molecule has 1 aromatic carbocycles. The van der Waals surface area contributed by atoms with Crippen LogP contribution in [0, 0.1) is 0 Å². The molecule has 1 rings (SSSR count). The standard InChI is InChI=1S/C15H21NO5/c1-3-8-20-11-5-6-12(15(18)19)13(10-11)21-9-7-14(17)16-4-2/h5-6,10H,3-4,7-9H2,1-2H3,(H,16,17)(H,18,19). The minimum absolute atomic E-state index is 0.0507. The predicted octanol–water partition coefficient (Wildman–Crippen LogP) is 2.08. The van der Waals surface area contributed by atoms with Crippen LogP contribution in [0.4, 0.5) is 0 Å². The Bertz CT molecular complexity index is 487. The van der Waals surface area contributed by atoms with Gasteiger partial charge in [0.25, 0.3) is 0 Å². The average Bonchev–Trinajstić information content (AvgIpc) is 2.45. The Hall–Kier alpha value is -2.24. The number of aromatic carboxylic acids is 1. The summed E-state index contributed by atoms with van der Waals surface area (Å²) in [6.07, 6.45) is 1.03. The first-order chi connectivity index (χ1) is 10.1. The molecule has 0 spiro atoms. The van der Waals surface area contributed by atoms with Gasteiger partial charge in [0.2, 0.25) is 5.91 Å². The Balaban J connectivity index is 2.71. The first-order valence-electron chi connectivity index (χ1n) is 6.98. The SMILES string of the molecule is CCCOc1ccc(C(=O)O)c(OCCC(=O)NCC)c1. The van der Waals surface area contributed by atoms with E-state index in [4.69, 9.17) is 14.6 Å². The molecule has 0 bridgehead atoms. The molecule has 1 amide bonds. The summed E-state index contributed by atoms with van der Waals surface area (Å²) in [6.45, 7) is 5.03. The van der Waals surface area contributed by atoms with Crippen LogP contribution in [0.15, 0.2) is 18.2 Å². The lowest BCUT2D eigenvalue weighted by atomic mass is 10.2. The van der Waals surface area contributed by atoms with Crippen LogP contribution in [0.25, 0.3) is 0 Å². The van der Waals surface area contributed by atoms with Crippen LogP contribution >= 0.6 is 0 Å².